The molecular formula is C21H29N5O2S. The molecule has 8 heteroatoms. The Morgan fingerprint density at radius 3 is 2.76 bits per heavy atom. The van der Waals surface area contributed by atoms with Crippen molar-refractivity contribution >= 4 is 23.2 Å². The van der Waals surface area contributed by atoms with E-state index >= 15 is 0 Å². The number of hydrogen-bond acceptors (Lipinski definition) is 5. The van der Waals surface area contributed by atoms with Gasteiger partial charge in [0.25, 0.3) is 5.91 Å². The number of aryl methyl sites for hydroxylation is 1. The number of nitrogens with one attached hydrogen (secondary N) is 3. The largest absolute Gasteiger partial charge is 0.493 e. The second-order valence-electron chi connectivity index (χ2n) is 7.01. The van der Waals surface area contributed by atoms with Crippen LogP contribution < -0.4 is 20.7 Å². The fourth-order valence-corrected chi connectivity index (χ4v) is 3.45. The number of guanidine groups is 1. The van der Waals surface area contributed by atoms with Crippen LogP contribution in [0, 0.1) is 12.8 Å². The standard InChI is InChI=1S/C21H29N5O2S/c1-3-22-21(24-11-10-23-20(27)19-15(2)26-14-29-19)25-12-17-6-4-5-7-18(17)28-13-16-8-9-16/h4-7,14,16H,3,8-13H2,1-2H3,(H,23,27)(H2,22,24,25). The average Bonchev–Trinajstić information content (AvgIpc) is 3.46. The van der Waals surface area contributed by atoms with Gasteiger partial charge in [0.1, 0.15) is 10.6 Å². The lowest BCUT2D eigenvalue weighted by atomic mass is 10.2. The van der Waals surface area contributed by atoms with Crippen molar-refractivity contribution in [3.63, 3.8) is 0 Å². The first-order valence-electron chi connectivity index (χ1n) is 10.1. The predicted molar refractivity (Wildman–Crippen MR) is 117 cm³/mol. The highest BCUT2D eigenvalue weighted by atomic mass is 32.1. The lowest BCUT2D eigenvalue weighted by Gasteiger charge is -2.13. The SMILES string of the molecule is CCNC(=NCc1ccccc1OCC1CC1)NCCNC(=O)c1scnc1C. The number of nitrogens with zero attached hydrogens (tertiary/aromatic N) is 2. The van der Waals surface area contributed by atoms with Crippen LogP contribution in [0.2, 0.25) is 0 Å². The van der Waals surface area contributed by atoms with Crippen molar-refractivity contribution < 1.29 is 9.53 Å². The quantitative estimate of drug-likeness (QED) is 0.316. The molecule has 0 spiro atoms. The third-order valence-corrected chi connectivity index (χ3v) is 5.48. The molecule has 2 aromatic rings. The van der Waals surface area contributed by atoms with E-state index in [-0.39, 0.29) is 5.91 Å². The van der Waals surface area contributed by atoms with Crippen molar-refractivity contribution in [1.82, 2.24) is 20.9 Å². The van der Waals surface area contributed by atoms with Crippen molar-refractivity contribution in [2.24, 2.45) is 10.9 Å². The maximum atomic E-state index is 12.1. The smallest absolute Gasteiger partial charge is 0.263 e. The second-order valence-corrected chi connectivity index (χ2v) is 7.86. The Balaban J connectivity index is 1.48. The molecular weight excluding hydrogens is 386 g/mol. The summed E-state index contributed by atoms with van der Waals surface area (Å²) in [5, 5.41) is 9.40. The number of carbonyl (C=O) groups excluding carboxylic acids is 1. The molecule has 3 N–H and O–H groups in total. The number of amides is 1. The molecule has 1 amide bonds. The van der Waals surface area contributed by atoms with Gasteiger partial charge < -0.3 is 20.7 Å². The molecule has 0 bridgehead atoms. The van der Waals surface area contributed by atoms with Gasteiger partial charge in [-0.25, -0.2) is 9.98 Å². The molecule has 7 nitrogen and oxygen atoms in total. The normalized spacial score (nSPS) is 13.8. The third-order valence-electron chi connectivity index (χ3n) is 4.55. The molecule has 1 fully saturated rings. The summed E-state index contributed by atoms with van der Waals surface area (Å²) in [5.74, 6) is 2.25. The Bertz CT molecular complexity index is 832. The number of hydrogen-bond donors (Lipinski definition) is 3. The van der Waals surface area contributed by atoms with Gasteiger partial charge in [0, 0.05) is 25.2 Å². The first kappa shape index (κ1) is 21.1. The van der Waals surface area contributed by atoms with Gasteiger partial charge >= 0.3 is 0 Å². The van der Waals surface area contributed by atoms with E-state index in [0.717, 1.165) is 36.1 Å². The van der Waals surface area contributed by atoms with Crippen LogP contribution in [0.5, 0.6) is 5.75 Å². The number of carbonyl (C=O) groups is 1. The van der Waals surface area contributed by atoms with Crippen LogP contribution >= 0.6 is 11.3 Å². The summed E-state index contributed by atoms with van der Waals surface area (Å²) >= 11 is 1.36. The summed E-state index contributed by atoms with van der Waals surface area (Å²) in [5.41, 5.74) is 3.52. The van der Waals surface area contributed by atoms with Crippen LogP contribution in [0.15, 0.2) is 34.8 Å². The molecule has 1 aromatic heterocycles. The molecule has 0 radical (unpaired) electrons. The average molecular weight is 416 g/mol. The van der Waals surface area contributed by atoms with Gasteiger partial charge in [-0.2, -0.15) is 0 Å². The Morgan fingerprint density at radius 1 is 1.24 bits per heavy atom. The minimum absolute atomic E-state index is 0.0875. The van der Waals surface area contributed by atoms with E-state index in [1.807, 2.05) is 38.1 Å². The first-order valence-corrected chi connectivity index (χ1v) is 11.0. The number of aliphatic imine (C=N–C) groups is 1. The second kappa shape index (κ2) is 10.8. The van der Waals surface area contributed by atoms with E-state index < -0.39 is 0 Å². The van der Waals surface area contributed by atoms with E-state index in [1.54, 1.807) is 5.51 Å². The van der Waals surface area contributed by atoms with Gasteiger partial charge in [-0.1, -0.05) is 18.2 Å². The van der Waals surface area contributed by atoms with Gasteiger partial charge in [0.15, 0.2) is 5.96 Å². The number of aromatic nitrogens is 1. The zero-order valence-corrected chi connectivity index (χ0v) is 17.8. The van der Waals surface area contributed by atoms with E-state index in [2.05, 4.69) is 25.9 Å². The first-order chi connectivity index (χ1) is 14.2. The molecule has 3 rings (SSSR count). The lowest BCUT2D eigenvalue weighted by Crippen LogP contribution is -2.41. The molecule has 1 aliphatic rings. The summed E-state index contributed by atoms with van der Waals surface area (Å²) in [6.07, 6.45) is 2.54. The van der Waals surface area contributed by atoms with Crippen LogP contribution in [0.3, 0.4) is 0 Å². The summed E-state index contributed by atoms with van der Waals surface area (Å²) in [4.78, 5) is 21.6. The number of thiazole rings is 1. The van der Waals surface area contributed by atoms with Gasteiger partial charge in [-0.05, 0) is 38.7 Å². The Morgan fingerprint density at radius 2 is 2.03 bits per heavy atom. The van der Waals surface area contributed by atoms with Crippen molar-refractivity contribution in [3.05, 3.63) is 45.9 Å². The van der Waals surface area contributed by atoms with Gasteiger partial charge in [-0.15, -0.1) is 11.3 Å². The van der Waals surface area contributed by atoms with E-state index in [4.69, 9.17) is 4.74 Å². The van der Waals surface area contributed by atoms with E-state index in [1.165, 1.54) is 24.2 Å². The van der Waals surface area contributed by atoms with Crippen molar-refractivity contribution in [1.29, 1.82) is 0 Å². The molecule has 29 heavy (non-hydrogen) atoms. The lowest BCUT2D eigenvalue weighted by molar-refractivity contribution is 0.0957. The molecule has 156 valence electrons. The minimum Gasteiger partial charge on any atom is -0.493 e. The molecule has 1 saturated carbocycles. The van der Waals surface area contributed by atoms with Gasteiger partial charge in [0.05, 0.1) is 24.4 Å². The molecule has 0 aliphatic heterocycles. The molecule has 1 aromatic carbocycles. The Labute approximate surface area is 176 Å². The van der Waals surface area contributed by atoms with Crippen molar-refractivity contribution in [2.45, 2.75) is 33.2 Å². The molecule has 1 heterocycles. The van der Waals surface area contributed by atoms with Crippen LogP contribution in [0.4, 0.5) is 0 Å². The summed E-state index contributed by atoms with van der Waals surface area (Å²) in [6.45, 7) is 7.03. The minimum atomic E-state index is -0.0875. The molecule has 0 unspecified atom stereocenters. The fourth-order valence-electron chi connectivity index (χ4n) is 2.73. The number of benzene rings is 1. The van der Waals surface area contributed by atoms with Crippen LogP contribution in [-0.4, -0.2) is 43.1 Å². The zero-order valence-electron chi connectivity index (χ0n) is 17.0. The van der Waals surface area contributed by atoms with E-state index in [9.17, 15) is 4.79 Å². The Hall–Kier alpha value is -2.61. The van der Waals surface area contributed by atoms with Crippen LogP contribution in [-0.2, 0) is 6.54 Å². The topological polar surface area (TPSA) is 87.6 Å². The highest BCUT2D eigenvalue weighted by molar-refractivity contribution is 7.11. The maximum absolute atomic E-state index is 12.1. The van der Waals surface area contributed by atoms with Crippen molar-refractivity contribution in [3.8, 4) is 5.75 Å². The van der Waals surface area contributed by atoms with Gasteiger partial charge in [-0.3, -0.25) is 4.79 Å². The molecule has 0 saturated heterocycles. The maximum Gasteiger partial charge on any atom is 0.263 e. The third kappa shape index (κ3) is 6.74. The monoisotopic (exact) mass is 415 g/mol. The number of rotatable bonds is 10. The molecule has 0 atom stereocenters. The fraction of sp³-hybridized carbons (Fsp3) is 0.476. The summed E-state index contributed by atoms with van der Waals surface area (Å²) < 4.78 is 5.96. The molecule has 1 aliphatic carbocycles. The summed E-state index contributed by atoms with van der Waals surface area (Å²) in [7, 11) is 0. The number of para-hydroxylation sites is 1. The zero-order chi connectivity index (χ0) is 20.5. The van der Waals surface area contributed by atoms with Crippen molar-refractivity contribution in [2.75, 3.05) is 26.2 Å². The Kier molecular flexibility index (Phi) is 7.86. The van der Waals surface area contributed by atoms with Crippen LogP contribution in [0.1, 0.15) is 40.7 Å². The van der Waals surface area contributed by atoms with Gasteiger partial charge in [0.2, 0.25) is 0 Å². The predicted octanol–water partition coefficient (Wildman–Crippen LogP) is 2.73. The van der Waals surface area contributed by atoms with E-state index in [0.29, 0.717) is 30.5 Å². The summed E-state index contributed by atoms with van der Waals surface area (Å²) in [6, 6.07) is 8.05. The van der Waals surface area contributed by atoms with Crippen LogP contribution in [0.25, 0.3) is 0 Å². The highest BCUT2D eigenvalue weighted by Gasteiger charge is 2.22. The highest BCUT2D eigenvalue weighted by Crippen LogP contribution is 2.30. The number of ether oxygens (including phenoxy) is 1.